The van der Waals surface area contributed by atoms with Gasteiger partial charge < -0.3 is 19.7 Å². The predicted octanol–water partition coefficient (Wildman–Crippen LogP) is 2.57. The van der Waals surface area contributed by atoms with Crippen LogP contribution in [0, 0.1) is 17.3 Å². The molecule has 0 radical (unpaired) electrons. The first kappa shape index (κ1) is 22.1. The van der Waals surface area contributed by atoms with E-state index in [-0.39, 0.29) is 24.0 Å². The second kappa shape index (κ2) is 9.57. The van der Waals surface area contributed by atoms with Gasteiger partial charge in [-0.1, -0.05) is 12.8 Å². The fourth-order valence-electron chi connectivity index (χ4n) is 6.75. The monoisotopic (exact) mass is 518 g/mol. The number of halogens is 1. The summed E-state index contributed by atoms with van der Waals surface area (Å²) in [5.74, 6) is 2.63. The van der Waals surface area contributed by atoms with Crippen LogP contribution < -0.4 is 5.32 Å². The van der Waals surface area contributed by atoms with Crippen molar-refractivity contribution in [1.29, 1.82) is 0 Å². The number of likely N-dealkylation sites (tertiary alicyclic amines) is 1. The van der Waals surface area contributed by atoms with Gasteiger partial charge in [-0.15, -0.1) is 24.0 Å². The highest BCUT2D eigenvalue weighted by atomic mass is 127. The van der Waals surface area contributed by atoms with E-state index in [0.717, 1.165) is 58.5 Å². The minimum Gasteiger partial charge on any atom is -0.379 e. The highest BCUT2D eigenvalue weighted by Gasteiger charge is 2.65. The summed E-state index contributed by atoms with van der Waals surface area (Å²) in [4.78, 5) is 10.1. The standard InChI is InChI=1S/C22H38N4O2.HI/c1-2-23-21(26-9-5-17(16-26)15-25-10-13-27-14-11-25)24-19-18-6-12-28-20(18)22(19)7-3-4-8-22;/h17-20H,2-16H2,1H3,(H,23,24);1H. The molecule has 2 saturated carbocycles. The molecule has 6 nitrogen and oxygen atoms in total. The lowest BCUT2D eigenvalue weighted by Crippen LogP contribution is -2.69. The zero-order chi connectivity index (χ0) is 19.0. The number of rotatable bonds is 4. The fourth-order valence-corrected chi connectivity index (χ4v) is 6.75. The van der Waals surface area contributed by atoms with Gasteiger partial charge in [0.05, 0.1) is 19.3 Å². The topological polar surface area (TPSA) is 49.3 Å². The first-order valence-electron chi connectivity index (χ1n) is 11.8. The second-order valence-corrected chi connectivity index (χ2v) is 9.62. The molecule has 0 amide bonds. The number of hydrogen-bond acceptors (Lipinski definition) is 4. The molecule has 0 aromatic rings. The van der Waals surface area contributed by atoms with E-state index in [1.54, 1.807) is 0 Å². The summed E-state index contributed by atoms with van der Waals surface area (Å²) in [6.45, 7) is 11.5. The van der Waals surface area contributed by atoms with Crippen LogP contribution in [0.5, 0.6) is 0 Å². The maximum absolute atomic E-state index is 6.18. The summed E-state index contributed by atoms with van der Waals surface area (Å²) in [6, 6.07) is 0.575. The third-order valence-corrected chi connectivity index (χ3v) is 8.08. The molecule has 4 atom stereocenters. The number of nitrogens with one attached hydrogen (secondary N) is 1. The van der Waals surface area contributed by atoms with Gasteiger partial charge in [-0.25, -0.2) is 0 Å². The molecule has 1 N–H and O–H groups in total. The van der Waals surface area contributed by atoms with Crippen LogP contribution >= 0.6 is 24.0 Å². The van der Waals surface area contributed by atoms with Crippen molar-refractivity contribution in [3.63, 3.8) is 0 Å². The largest absolute Gasteiger partial charge is 0.379 e. The fraction of sp³-hybridized carbons (Fsp3) is 0.955. The Balaban J connectivity index is 0.00000205. The van der Waals surface area contributed by atoms with Crippen LogP contribution in [-0.4, -0.2) is 87.0 Å². The Morgan fingerprint density at radius 3 is 2.66 bits per heavy atom. The summed E-state index contributed by atoms with van der Waals surface area (Å²) in [5.41, 5.74) is 0.391. The van der Waals surface area contributed by atoms with Crippen molar-refractivity contribution in [3.8, 4) is 0 Å². The number of hydrogen-bond donors (Lipinski definition) is 1. The van der Waals surface area contributed by atoms with E-state index in [1.165, 1.54) is 51.0 Å². The van der Waals surface area contributed by atoms with E-state index in [1.807, 2.05) is 0 Å². The molecule has 1 spiro atoms. The Hall–Kier alpha value is -0.120. The molecule has 4 unspecified atom stereocenters. The molecule has 5 rings (SSSR count). The Kier molecular flexibility index (Phi) is 7.29. The summed E-state index contributed by atoms with van der Waals surface area (Å²) in [7, 11) is 0. The average molecular weight is 518 g/mol. The van der Waals surface area contributed by atoms with Gasteiger partial charge in [0.2, 0.25) is 0 Å². The lowest BCUT2D eigenvalue weighted by molar-refractivity contribution is -0.125. The van der Waals surface area contributed by atoms with Crippen molar-refractivity contribution in [2.75, 3.05) is 59.1 Å². The quantitative estimate of drug-likeness (QED) is 0.352. The average Bonchev–Trinajstić information content (AvgIpc) is 3.45. The van der Waals surface area contributed by atoms with Gasteiger partial charge in [0, 0.05) is 63.3 Å². The lowest BCUT2D eigenvalue weighted by atomic mass is 9.54. The van der Waals surface area contributed by atoms with Gasteiger partial charge in [0.15, 0.2) is 5.96 Å². The molecule has 29 heavy (non-hydrogen) atoms. The number of morpholine rings is 1. The van der Waals surface area contributed by atoms with Crippen LogP contribution in [0.2, 0.25) is 0 Å². The Morgan fingerprint density at radius 2 is 1.90 bits per heavy atom. The van der Waals surface area contributed by atoms with Gasteiger partial charge >= 0.3 is 0 Å². The van der Waals surface area contributed by atoms with E-state index in [0.29, 0.717) is 23.5 Å². The van der Waals surface area contributed by atoms with Crippen LogP contribution in [0.1, 0.15) is 45.4 Å². The normalized spacial score (nSPS) is 36.7. The van der Waals surface area contributed by atoms with Crippen molar-refractivity contribution in [1.82, 2.24) is 15.1 Å². The second-order valence-electron chi connectivity index (χ2n) is 9.62. The summed E-state index contributed by atoms with van der Waals surface area (Å²) < 4.78 is 11.7. The molecular formula is C22H39IN4O2. The van der Waals surface area contributed by atoms with Crippen LogP contribution in [0.15, 0.2) is 4.99 Å². The SMILES string of the molecule is CCN=C(NC1C2CCOC2C12CCCC2)N1CCC(CN2CCOCC2)C1.I. The zero-order valence-corrected chi connectivity index (χ0v) is 20.3. The molecule has 0 aromatic carbocycles. The summed E-state index contributed by atoms with van der Waals surface area (Å²) >= 11 is 0. The molecule has 0 bridgehead atoms. The van der Waals surface area contributed by atoms with Gasteiger partial charge in [-0.3, -0.25) is 9.89 Å². The van der Waals surface area contributed by atoms with E-state index < -0.39 is 0 Å². The van der Waals surface area contributed by atoms with Crippen LogP contribution in [0.25, 0.3) is 0 Å². The first-order valence-corrected chi connectivity index (χ1v) is 11.8. The van der Waals surface area contributed by atoms with Crippen molar-refractivity contribution in [2.45, 2.75) is 57.6 Å². The van der Waals surface area contributed by atoms with Gasteiger partial charge in [-0.2, -0.15) is 0 Å². The van der Waals surface area contributed by atoms with Crippen molar-refractivity contribution in [3.05, 3.63) is 0 Å². The van der Waals surface area contributed by atoms with Crippen molar-refractivity contribution >= 4 is 29.9 Å². The number of nitrogens with zero attached hydrogens (tertiary/aromatic N) is 3. The zero-order valence-electron chi connectivity index (χ0n) is 18.0. The van der Waals surface area contributed by atoms with Crippen LogP contribution in [0.3, 0.4) is 0 Å². The smallest absolute Gasteiger partial charge is 0.194 e. The number of ether oxygens (including phenoxy) is 2. The van der Waals surface area contributed by atoms with Crippen molar-refractivity contribution < 1.29 is 9.47 Å². The maximum atomic E-state index is 6.18. The minimum absolute atomic E-state index is 0. The van der Waals surface area contributed by atoms with E-state index in [9.17, 15) is 0 Å². The van der Waals surface area contributed by atoms with E-state index >= 15 is 0 Å². The first-order chi connectivity index (χ1) is 13.8. The molecular weight excluding hydrogens is 479 g/mol. The summed E-state index contributed by atoms with van der Waals surface area (Å²) in [5, 5.41) is 3.99. The Bertz CT molecular complexity index is 577. The highest BCUT2D eigenvalue weighted by Crippen LogP contribution is 2.60. The Morgan fingerprint density at radius 1 is 1.10 bits per heavy atom. The molecule has 3 saturated heterocycles. The van der Waals surface area contributed by atoms with Crippen LogP contribution in [0.4, 0.5) is 0 Å². The van der Waals surface area contributed by atoms with Gasteiger partial charge in [0.1, 0.15) is 0 Å². The molecule has 3 aliphatic heterocycles. The lowest BCUT2D eigenvalue weighted by Gasteiger charge is -2.57. The molecule has 166 valence electrons. The molecule has 5 aliphatic rings. The molecule has 7 heteroatoms. The molecule has 5 fully saturated rings. The van der Waals surface area contributed by atoms with Gasteiger partial charge in [0.25, 0.3) is 0 Å². The number of aliphatic imine (C=N–C) groups is 1. The molecule has 2 aliphatic carbocycles. The highest BCUT2D eigenvalue weighted by molar-refractivity contribution is 14.0. The predicted molar refractivity (Wildman–Crippen MR) is 126 cm³/mol. The molecule has 3 heterocycles. The third kappa shape index (κ3) is 4.17. The van der Waals surface area contributed by atoms with Gasteiger partial charge in [-0.05, 0) is 38.5 Å². The van der Waals surface area contributed by atoms with Crippen LogP contribution in [-0.2, 0) is 9.47 Å². The molecule has 0 aromatic heterocycles. The maximum Gasteiger partial charge on any atom is 0.194 e. The number of fused-ring (bicyclic) bond motifs is 2. The van der Waals surface area contributed by atoms with E-state index in [4.69, 9.17) is 14.5 Å². The minimum atomic E-state index is 0. The third-order valence-electron chi connectivity index (χ3n) is 8.08. The Labute approximate surface area is 193 Å². The van der Waals surface area contributed by atoms with Crippen molar-refractivity contribution in [2.24, 2.45) is 22.2 Å². The summed E-state index contributed by atoms with van der Waals surface area (Å²) in [6.07, 6.45) is 8.45. The van der Waals surface area contributed by atoms with E-state index in [2.05, 4.69) is 22.0 Å². The number of guanidine groups is 1.